The molecule has 5 heteroatoms. The SMILES string of the molecule is C1CN2NN3COCC3=C2CN1. The highest BCUT2D eigenvalue weighted by Crippen LogP contribution is 2.24. The van der Waals surface area contributed by atoms with Gasteiger partial charge in [-0.3, -0.25) is 10.0 Å². The fourth-order valence-electron chi connectivity index (χ4n) is 1.86. The van der Waals surface area contributed by atoms with E-state index in [9.17, 15) is 0 Å². The average molecular weight is 168 g/mol. The van der Waals surface area contributed by atoms with E-state index in [1.54, 1.807) is 0 Å². The molecule has 0 atom stereocenters. The highest BCUT2D eigenvalue weighted by Gasteiger charge is 2.33. The first-order valence-corrected chi connectivity index (χ1v) is 4.27. The normalized spacial score (nSPS) is 28.0. The van der Waals surface area contributed by atoms with Crippen molar-refractivity contribution >= 4 is 0 Å². The Hall–Kier alpha value is -0.780. The fourth-order valence-corrected chi connectivity index (χ4v) is 1.86. The van der Waals surface area contributed by atoms with Crippen LogP contribution < -0.4 is 10.9 Å². The van der Waals surface area contributed by atoms with Gasteiger partial charge in [-0.2, -0.15) is 0 Å². The number of piperazine rings is 1. The minimum Gasteiger partial charge on any atom is -0.353 e. The molecule has 12 heavy (non-hydrogen) atoms. The number of hydrazine groups is 2. The van der Waals surface area contributed by atoms with Crippen molar-refractivity contribution in [2.24, 2.45) is 0 Å². The third-order valence-corrected chi connectivity index (χ3v) is 2.49. The van der Waals surface area contributed by atoms with Crippen LogP contribution in [0.4, 0.5) is 0 Å². The molecule has 3 heterocycles. The second-order valence-electron chi connectivity index (χ2n) is 3.23. The Balaban J connectivity index is 1.94. The van der Waals surface area contributed by atoms with Crippen LogP contribution in [0.1, 0.15) is 0 Å². The van der Waals surface area contributed by atoms with Crippen molar-refractivity contribution in [1.29, 1.82) is 0 Å². The van der Waals surface area contributed by atoms with E-state index in [4.69, 9.17) is 4.74 Å². The molecule has 0 bridgehead atoms. The standard InChI is InChI=1S/C7H12N4O/c1-2-10-6(3-8-1)7-4-12-5-11(7)9-10/h8-9H,1-5H2. The van der Waals surface area contributed by atoms with Gasteiger partial charge in [-0.15, -0.1) is 5.53 Å². The molecule has 0 radical (unpaired) electrons. The Kier molecular flexibility index (Phi) is 1.31. The molecule has 0 unspecified atom stereocenters. The summed E-state index contributed by atoms with van der Waals surface area (Å²) in [5, 5.41) is 7.62. The van der Waals surface area contributed by atoms with Crippen LogP contribution in [0.15, 0.2) is 11.4 Å². The highest BCUT2D eigenvalue weighted by molar-refractivity contribution is 5.20. The van der Waals surface area contributed by atoms with Gasteiger partial charge in [0.1, 0.15) is 6.73 Å². The van der Waals surface area contributed by atoms with Crippen LogP contribution >= 0.6 is 0 Å². The monoisotopic (exact) mass is 168 g/mol. The molecule has 2 N–H and O–H groups in total. The van der Waals surface area contributed by atoms with Gasteiger partial charge in [-0.1, -0.05) is 0 Å². The minimum atomic E-state index is 0.676. The zero-order chi connectivity index (χ0) is 7.97. The number of nitrogens with zero attached hydrogens (tertiary/aromatic N) is 2. The fraction of sp³-hybridized carbons (Fsp3) is 0.714. The predicted octanol–water partition coefficient (Wildman–Crippen LogP) is -1.17. The summed E-state index contributed by atoms with van der Waals surface area (Å²) in [5.41, 5.74) is 5.92. The van der Waals surface area contributed by atoms with Crippen LogP contribution in [0, 0.1) is 0 Å². The van der Waals surface area contributed by atoms with E-state index in [2.05, 4.69) is 20.9 Å². The first-order valence-electron chi connectivity index (χ1n) is 4.27. The van der Waals surface area contributed by atoms with E-state index in [0.29, 0.717) is 6.73 Å². The second-order valence-corrected chi connectivity index (χ2v) is 3.23. The Morgan fingerprint density at radius 2 is 2.25 bits per heavy atom. The van der Waals surface area contributed by atoms with Gasteiger partial charge in [0.15, 0.2) is 0 Å². The van der Waals surface area contributed by atoms with Gasteiger partial charge in [0, 0.05) is 19.6 Å². The van der Waals surface area contributed by atoms with Gasteiger partial charge >= 0.3 is 0 Å². The average Bonchev–Trinajstić information content (AvgIpc) is 2.62. The van der Waals surface area contributed by atoms with Crippen molar-refractivity contribution in [3.8, 4) is 0 Å². The summed E-state index contributed by atoms with van der Waals surface area (Å²) >= 11 is 0. The summed E-state index contributed by atoms with van der Waals surface area (Å²) < 4.78 is 5.31. The van der Waals surface area contributed by atoms with Gasteiger partial charge in [0.2, 0.25) is 0 Å². The van der Waals surface area contributed by atoms with Crippen LogP contribution in [0.2, 0.25) is 0 Å². The number of nitrogens with one attached hydrogen (secondary N) is 2. The van der Waals surface area contributed by atoms with Gasteiger partial charge in [-0.25, -0.2) is 0 Å². The van der Waals surface area contributed by atoms with E-state index in [0.717, 1.165) is 26.2 Å². The molecule has 2 saturated heterocycles. The van der Waals surface area contributed by atoms with Crippen LogP contribution in [-0.2, 0) is 4.74 Å². The summed E-state index contributed by atoms with van der Waals surface area (Å²) in [6.07, 6.45) is 0. The van der Waals surface area contributed by atoms with Gasteiger partial charge < -0.3 is 10.1 Å². The lowest BCUT2D eigenvalue weighted by Crippen LogP contribution is -2.48. The summed E-state index contributed by atoms with van der Waals surface area (Å²) in [5.74, 6) is 0. The zero-order valence-electron chi connectivity index (χ0n) is 6.84. The molecular weight excluding hydrogens is 156 g/mol. The third kappa shape index (κ3) is 0.782. The molecule has 66 valence electrons. The largest absolute Gasteiger partial charge is 0.353 e. The number of hydrogen-bond donors (Lipinski definition) is 2. The first kappa shape index (κ1) is 6.71. The quantitative estimate of drug-likeness (QED) is 0.477. The maximum absolute atomic E-state index is 5.31. The molecule has 0 amide bonds. The Morgan fingerprint density at radius 1 is 1.25 bits per heavy atom. The van der Waals surface area contributed by atoms with E-state index >= 15 is 0 Å². The van der Waals surface area contributed by atoms with E-state index < -0.39 is 0 Å². The lowest BCUT2D eigenvalue weighted by Gasteiger charge is -2.27. The van der Waals surface area contributed by atoms with Crippen LogP contribution in [0.5, 0.6) is 0 Å². The maximum Gasteiger partial charge on any atom is 0.135 e. The lowest BCUT2D eigenvalue weighted by atomic mass is 10.3. The van der Waals surface area contributed by atoms with Crippen LogP contribution in [-0.4, -0.2) is 43.0 Å². The van der Waals surface area contributed by atoms with Gasteiger partial charge in [0.25, 0.3) is 0 Å². The lowest BCUT2D eigenvalue weighted by molar-refractivity contribution is 0.0520. The summed E-state index contributed by atoms with van der Waals surface area (Å²) in [6, 6.07) is 0. The first-order chi connectivity index (χ1) is 5.95. The Bertz CT molecular complexity index is 240. The summed E-state index contributed by atoms with van der Waals surface area (Å²) in [7, 11) is 0. The number of fused-ring (bicyclic) bond motifs is 2. The van der Waals surface area contributed by atoms with Crippen molar-refractivity contribution in [2.75, 3.05) is 33.0 Å². The van der Waals surface area contributed by atoms with Crippen molar-refractivity contribution < 1.29 is 4.74 Å². The Morgan fingerprint density at radius 3 is 3.25 bits per heavy atom. The number of ether oxygens (including phenoxy) is 1. The number of rotatable bonds is 0. The molecule has 3 aliphatic rings. The molecule has 2 fully saturated rings. The van der Waals surface area contributed by atoms with E-state index in [1.165, 1.54) is 11.4 Å². The molecule has 3 rings (SSSR count). The smallest absolute Gasteiger partial charge is 0.135 e. The minimum absolute atomic E-state index is 0.676. The molecule has 0 saturated carbocycles. The molecule has 5 nitrogen and oxygen atoms in total. The van der Waals surface area contributed by atoms with Crippen molar-refractivity contribution in [1.82, 2.24) is 20.9 Å². The predicted molar refractivity (Wildman–Crippen MR) is 42.4 cm³/mol. The topological polar surface area (TPSA) is 39.8 Å². The molecule has 0 aromatic carbocycles. The van der Waals surface area contributed by atoms with Crippen LogP contribution in [0.3, 0.4) is 0 Å². The highest BCUT2D eigenvalue weighted by atomic mass is 16.5. The van der Waals surface area contributed by atoms with Crippen molar-refractivity contribution in [3.63, 3.8) is 0 Å². The molecule has 0 aromatic rings. The van der Waals surface area contributed by atoms with E-state index in [1.807, 2.05) is 0 Å². The van der Waals surface area contributed by atoms with Crippen LogP contribution in [0.25, 0.3) is 0 Å². The van der Waals surface area contributed by atoms with Crippen molar-refractivity contribution in [2.45, 2.75) is 0 Å². The summed E-state index contributed by atoms with van der Waals surface area (Å²) in [6.45, 7) is 4.48. The Labute approximate surface area is 70.9 Å². The molecular formula is C7H12N4O. The number of hydrogen-bond acceptors (Lipinski definition) is 5. The molecule has 0 aliphatic carbocycles. The second kappa shape index (κ2) is 2.35. The molecule has 0 aromatic heterocycles. The van der Waals surface area contributed by atoms with Crippen molar-refractivity contribution in [3.05, 3.63) is 11.4 Å². The third-order valence-electron chi connectivity index (χ3n) is 2.49. The van der Waals surface area contributed by atoms with Gasteiger partial charge in [-0.05, 0) is 0 Å². The maximum atomic E-state index is 5.31. The molecule has 0 spiro atoms. The summed E-state index contributed by atoms with van der Waals surface area (Å²) in [4.78, 5) is 0. The molecule has 3 aliphatic heterocycles. The van der Waals surface area contributed by atoms with Gasteiger partial charge in [0.05, 0.1) is 18.0 Å². The van der Waals surface area contributed by atoms with E-state index in [-0.39, 0.29) is 0 Å². The zero-order valence-corrected chi connectivity index (χ0v) is 6.84.